The van der Waals surface area contributed by atoms with Crippen LogP contribution < -0.4 is 4.74 Å². The van der Waals surface area contributed by atoms with Gasteiger partial charge in [-0.3, -0.25) is 4.90 Å². The summed E-state index contributed by atoms with van der Waals surface area (Å²) in [6.45, 7) is 3.48. The second-order valence-corrected chi connectivity index (χ2v) is 5.26. The minimum absolute atomic E-state index is 0.318. The van der Waals surface area contributed by atoms with Crippen LogP contribution in [0.2, 0.25) is 0 Å². The second-order valence-electron chi connectivity index (χ2n) is 5.26. The van der Waals surface area contributed by atoms with Crippen molar-refractivity contribution in [3.63, 3.8) is 0 Å². The smallest absolute Gasteiger partial charge is 0.147 e. The number of alkyl halides is 1. The lowest BCUT2D eigenvalue weighted by Crippen LogP contribution is -2.32. The van der Waals surface area contributed by atoms with Crippen molar-refractivity contribution in [1.29, 1.82) is 0 Å². The quantitative estimate of drug-likeness (QED) is 0.887. The van der Waals surface area contributed by atoms with E-state index in [4.69, 9.17) is 9.84 Å². The molecule has 2 rings (SSSR count). The minimum Gasteiger partial charge on any atom is -0.497 e. The van der Waals surface area contributed by atoms with E-state index in [1.807, 2.05) is 12.1 Å². The van der Waals surface area contributed by atoms with E-state index in [9.17, 15) is 4.39 Å². The third-order valence-corrected chi connectivity index (χ3v) is 3.85. The largest absolute Gasteiger partial charge is 0.497 e. The lowest BCUT2D eigenvalue weighted by molar-refractivity contribution is 0.0769. The number of aliphatic hydroxyl groups is 1. The Bertz CT molecular complexity index is 438. The molecule has 0 radical (unpaired) electrons. The maximum absolute atomic E-state index is 14.0. The molecule has 0 saturated carbocycles. The zero-order valence-corrected chi connectivity index (χ0v) is 11.7. The standard InChI is InChI=1S/C15H22FNO2/c1-3-12-8-14(19-2)5-4-13(12)9-17-7-6-15(16,10-17)11-18/h4-5,8,18H,3,6-7,9-11H2,1-2H3. The van der Waals surface area contributed by atoms with Crippen LogP contribution in [0.5, 0.6) is 5.75 Å². The molecule has 1 fully saturated rings. The lowest BCUT2D eigenvalue weighted by atomic mass is 10.0. The molecule has 1 heterocycles. The molecule has 1 saturated heterocycles. The molecule has 0 aliphatic carbocycles. The van der Waals surface area contributed by atoms with Gasteiger partial charge in [0.15, 0.2) is 0 Å². The number of nitrogens with zero attached hydrogens (tertiary/aromatic N) is 1. The highest BCUT2D eigenvalue weighted by molar-refractivity contribution is 5.35. The van der Waals surface area contributed by atoms with Gasteiger partial charge in [0, 0.05) is 19.6 Å². The normalized spacial score (nSPS) is 23.8. The van der Waals surface area contributed by atoms with Gasteiger partial charge in [0.1, 0.15) is 11.4 Å². The molecular formula is C15H22FNO2. The summed E-state index contributed by atoms with van der Waals surface area (Å²) < 4.78 is 19.2. The summed E-state index contributed by atoms with van der Waals surface area (Å²) in [5.41, 5.74) is 1.03. The lowest BCUT2D eigenvalue weighted by Gasteiger charge is -2.20. The van der Waals surface area contributed by atoms with Crippen LogP contribution in [0, 0.1) is 0 Å². The van der Waals surface area contributed by atoms with Gasteiger partial charge in [-0.2, -0.15) is 0 Å². The van der Waals surface area contributed by atoms with Crippen molar-refractivity contribution in [3.8, 4) is 5.75 Å². The molecule has 4 heteroatoms. The number of hydrogen-bond acceptors (Lipinski definition) is 3. The molecule has 0 bridgehead atoms. The van der Waals surface area contributed by atoms with E-state index in [2.05, 4.69) is 17.9 Å². The minimum atomic E-state index is -1.42. The third-order valence-electron chi connectivity index (χ3n) is 3.85. The zero-order valence-electron chi connectivity index (χ0n) is 11.7. The number of halogens is 1. The van der Waals surface area contributed by atoms with E-state index < -0.39 is 5.67 Å². The first-order valence-corrected chi connectivity index (χ1v) is 6.78. The van der Waals surface area contributed by atoms with Crippen molar-refractivity contribution in [2.45, 2.75) is 32.0 Å². The van der Waals surface area contributed by atoms with Crippen LogP contribution in [0.3, 0.4) is 0 Å². The Kier molecular flexibility index (Phi) is 4.42. The number of hydrogen-bond donors (Lipinski definition) is 1. The average molecular weight is 267 g/mol. The van der Waals surface area contributed by atoms with Crippen LogP contribution >= 0.6 is 0 Å². The summed E-state index contributed by atoms with van der Waals surface area (Å²) in [5.74, 6) is 0.859. The predicted octanol–water partition coefficient (Wildman–Crippen LogP) is 2.16. The van der Waals surface area contributed by atoms with Gasteiger partial charge in [0.2, 0.25) is 0 Å². The van der Waals surface area contributed by atoms with Crippen molar-refractivity contribution in [2.24, 2.45) is 0 Å². The molecule has 1 N–H and O–H groups in total. The van der Waals surface area contributed by atoms with Crippen LogP contribution in [-0.2, 0) is 13.0 Å². The van der Waals surface area contributed by atoms with E-state index in [0.29, 0.717) is 19.5 Å². The second kappa shape index (κ2) is 5.88. The highest BCUT2D eigenvalue weighted by Crippen LogP contribution is 2.27. The van der Waals surface area contributed by atoms with E-state index in [0.717, 1.165) is 18.7 Å². The molecule has 1 unspecified atom stereocenters. The molecule has 106 valence electrons. The van der Waals surface area contributed by atoms with Crippen LogP contribution in [0.4, 0.5) is 4.39 Å². The molecule has 1 aliphatic heterocycles. The third kappa shape index (κ3) is 3.25. The molecule has 1 aliphatic rings. The van der Waals surface area contributed by atoms with Gasteiger partial charge < -0.3 is 9.84 Å². The fraction of sp³-hybridized carbons (Fsp3) is 0.600. The first kappa shape index (κ1) is 14.3. The van der Waals surface area contributed by atoms with Crippen molar-refractivity contribution >= 4 is 0 Å². The summed E-state index contributed by atoms with van der Waals surface area (Å²) in [6.07, 6.45) is 1.35. The number of methoxy groups -OCH3 is 1. The van der Waals surface area contributed by atoms with E-state index in [-0.39, 0.29) is 6.61 Å². The fourth-order valence-electron chi connectivity index (χ4n) is 2.63. The van der Waals surface area contributed by atoms with E-state index in [1.165, 1.54) is 11.1 Å². The van der Waals surface area contributed by atoms with Gasteiger partial charge in [-0.1, -0.05) is 13.0 Å². The summed E-state index contributed by atoms with van der Waals surface area (Å²) in [4.78, 5) is 2.07. The van der Waals surface area contributed by atoms with Crippen LogP contribution in [-0.4, -0.2) is 42.5 Å². The number of rotatable bonds is 5. The number of aryl methyl sites for hydroxylation is 1. The van der Waals surface area contributed by atoms with E-state index in [1.54, 1.807) is 7.11 Å². The Labute approximate surface area is 114 Å². The van der Waals surface area contributed by atoms with E-state index >= 15 is 0 Å². The summed E-state index contributed by atoms with van der Waals surface area (Å²) in [7, 11) is 1.66. The van der Waals surface area contributed by atoms with Gasteiger partial charge in [-0.15, -0.1) is 0 Å². The molecule has 0 aromatic heterocycles. The van der Waals surface area contributed by atoms with Gasteiger partial charge in [0.05, 0.1) is 13.7 Å². The number of benzene rings is 1. The maximum Gasteiger partial charge on any atom is 0.147 e. The number of likely N-dealkylation sites (tertiary alicyclic amines) is 1. The Balaban J connectivity index is 2.07. The van der Waals surface area contributed by atoms with Crippen molar-refractivity contribution < 1.29 is 14.2 Å². The van der Waals surface area contributed by atoms with Gasteiger partial charge >= 0.3 is 0 Å². The topological polar surface area (TPSA) is 32.7 Å². The number of ether oxygens (including phenoxy) is 1. The highest BCUT2D eigenvalue weighted by atomic mass is 19.1. The maximum atomic E-state index is 14.0. The molecular weight excluding hydrogens is 245 g/mol. The molecule has 3 nitrogen and oxygen atoms in total. The number of aliphatic hydroxyl groups excluding tert-OH is 1. The predicted molar refractivity (Wildman–Crippen MR) is 73.2 cm³/mol. The van der Waals surface area contributed by atoms with Crippen LogP contribution in [0.1, 0.15) is 24.5 Å². The monoisotopic (exact) mass is 267 g/mol. The van der Waals surface area contributed by atoms with Crippen molar-refractivity contribution in [3.05, 3.63) is 29.3 Å². The first-order valence-electron chi connectivity index (χ1n) is 6.78. The molecule has 0 amide bonds. The molecule has 1 atom stereocenters. The van der Waals surface area contributed by atoms with Crippen LogP contribution in [0.25, 0.3) is 0 Å². The zero-order chi connectivity index (χ0) is 13.9. The molecule has 0 spiro atoms. The van der Waals surface area contributed by atoms with Crippen LogP contribution in [0.15, 0.2) is 18.2 Å². The van der Waals surface area contributed by atoms with Gasteiger partial charge in [-0.25, -0.2) is 4.39 Å². The Morgan fingerprint density at radius 1 is 1.42 bits per heavy atom. The van der Waals surface area contributed by atoms with Gasteiger partial charge in [0.25, 0.3) is 0 Å². The Morgan fingerprint density at radius 2 is 2.21 bits per heavy atom. The summed E-state index contributed by atoms with van der Waals surface area (Å²) >= 11 is 0. The molecule has 19 heavy (non-hydrogen) atoms. The fourth-order valence-corrected chi connectivity index (χ4v) is 2.63. The first-order chi connectivity index (χ1) is 9.10. The molecule has 1 aromatic carbocycles. The SMILES string of the molecule is CCc1cc(OC)ccc1CN1CCC(F)(CO)C1. The Hall–Kier alpha value is -1.13. The van der Waals surface area contributed by atoms with Crippen molar-refractivity contribution in [1.82, 2.24) is 4.90 Å². The summed E-state index contributed by atoms with van der Waals surface area (Å²) in [6, 6.07) is 6.04. The highest BCUT2D eigenvalue weighted by Gasteiger charge is 2.37. The Morgan fingerprint density at radius 3 is 2.79 bits per heavy atom. The summed E-state index contributed by atoms with van der Waals surface area (Å²) in [5, 5.41) is 9.06. The average Bonchev–Trinajstić information content (AvgIpc) is 2.81. The van der Waals surface area contributed by atoms with Crippen molar-refractivity contribution in [2.75, 3.05) is 26.8 Å². The molecule has 1 aromatic rings. The van der Waals surface area contributed by atoms with Gasteiger partial charge in [-0.05, 0) is 36.1 Å².